The lowest BCUT2D eigenvalue weighted by atomic mass is 10.1. The molecule has 3 rings (SSSR count). The van der Waals surface area contributed by atoms with Crippen molar-refractivity contribution in [1.29, 1.82) is 0 Å². The highest BCUT2D eigenvalue weighted by Gasteiger charge is 2.18. The number of carboxylic acid groups (broad SMARTS) is 1. The quantitative estimate of drug-likeness (QED) is 0.694. The molecule has 2 heterocycles. The number of halogens is 1. The Morgan fingerprint density at radius 1 is 1.14 bits per heavy atom. The van der Waals surface area contributed by atoms with E-state index in [1.807, 2.05) is 24.3 Å². The van der Waals surface area contributed by atoms with E-state index in [0.717, 1.165) is 9.13 Å². The molecule has 0 saturated heterocycles. The van der Waals surface area contributed by atoms with Crippen LogP contribution in [0.15, 0.2) is 48.9 Å². The third-order valence-corrected chi connectivity index (χ3v) is 3.54. The van der Waals surface area contributed by atoms with E-state index >= 15 is 0 Å². The second kappa shape index (κ2) is 5.60. The summed E-state index contributed by atoms with van der Waals surface area (Å²) in [4.78, 5) is 19.5. The summed E-state index contributed by atoms with van der Waals surface area (Å²) >= 11 is 2.19. The Labute approximate surface area is 133 Å². The highest BCUT2D eigenvalue weighted by molar-refractivity contribution is 14.1. The highest BCUT2D eigenvalue weighted by atomic mass is 127. The first-order chi connectivity index (χ1) is 10.1. The van der Waals surface area contributed by atoms with E-state index in [4.69, 9.17) is 0 Å². The predicted molar refractivity (Wildman–Crippen MR) is 84.3 cm³/mol. The van der Waals surface area contributed by atoms with Gasteiger partial charge < -0.3 is 5.11 Å². The van der Waals surface area contributed by atoms with Crippen LogP contribution in [0.25, 0.3) is 17.2 Å². The van der Waals surface area contributed by atoms with Gasteiger partial charge in [0.1, 0.15) is 11.3 Å². The first-order valence-corrected chi connectivity index (χ1v) is 7.09. The molecular formula is C14H9IN4O2. The third-order valence-electron chi connectivity index (χ3n) is 2.82. The Morgan fingerprint density at radius 3 is 2.43 bits per heavy atom. The van der Waals surface area contributed by atoms with Crippen molar-refractivity contribution in [3.63, 3.8) is 0 Å². The first-order valence-electron chi connectivity index (χ1n) is 6.01. The van der Waals surface area contributed by atoms with E-state index in [9.17, 15) is 9.90 Å². The summed E-state index contributed by atoms with van der Waals surface area (Å²) in [5.74, 6) is -0.706. The summed E-state index contributed by atoms with van der Waals surface area (Å²) in [5, 5.41) is 13.7. The lowest BCUT2D eigenvalue weighted by Gasteiger charge is -1.99. The molecule has 0 aliphatic rings. The summed E-state index contributed by atoms with van der Waals surface area (Å²) in [6.45, 7) is 0. The van der Waals surface area contributed by atoms with E-state index in [-0.39, 0.29) is 5.56 Å². The molecular weight excluding hydrogens is 383 g/mol. The molecule has 0 saturated carbocycles. The van der Waals surface area contributed by atoms with Gasteiger partial charge in [0.25, 0.3) is 0 Å². The number of carbonyl (C=O) groups is 1. The molecule has 6 nitrogen and oxygen atoms in total. The van der Waals surface area contributed by atoms with Crippen molar-refractivity contribution in [2.45, 2.75) is 0 Å². The van der Waals surface area contributed by atoms with Gasteiger partial charge in [0.2, 0.25) is 5.95 Å². The van der Waals surface area contributed by atoms with Gasteiger partial charge in [-0.2, -0.15) is 5.10 Å². The van der Waals surface area contributed by atoms with E-state index in [1.54, 1.807) is 18.5 Å². The molecule has 0 spiro atoms. The fraction of sp³-hybridized carbons (Fsp3) is 0. The maximum absolute atomic E-state index is 11.4. The SMILES string of the molecule is O=C(O)c1cn(-c2ncccn2)nc1-c1ccc(I)cc1. The summed E-state index contributed by atoms with van der Waals surface area (Å²) in [7, 11) is 0. The summed E-state index contributed by atoms with van der Waals surface area (Å²) in [6.07, 6.45) is 4.58. The fourth-order valence-electron chi connectivity index (χ4n) is 1.86. The number of benzene rings is 1. The zero-order valence-electron chi connectivity index (χ0n) is 10.6. The Hall–Kier alpha value is -2.29. The average Bonchev–Trinajstić information content (AvgIpc) is 2.94. The normalized spacial score (nSPS) is 10.5. The van der Waals surface area contributed by atoms with Gasteiger partial charge in [-0.3, -0.25) is 0 Å². The Morgan fingerprint density at radius 2 is 1.81 bits per heavy atom. The van der Waals surface area contributed by atoms with Gasteiger partial charge in [-0.05, 0) is 40.8 Å². The van der Waals surface area contributed by atoms with Crippen LogP contribution in [-0.4, -0.2) is 30.8 Å². The lowest BCUT2D eigenvalue weighted by molar-refractivity contribution is 0.0697. The maximum atomic E-state index is 11.4. The van der Waals surface area contributed by atoms with Crippen LogP contribution < -0.4 is 0 Å². The molecule has 104 valence electrons. The van der Waals surface area contributed by atoms with Crippen LogP contribution in [0.2, 0.25) is 0 Å². The molecule has 0 atom stereocenters. The smallest absolute Gasteiger partial charge is 0.339 e. The van der Waals surface area contributed by atoms with Gasteiger partial charge in [0.15, 0.2) is 0 Å². The van der Waals surface area contributed by atoms with Gasteiger partial charge in [-0.15, -0.1) is 0 Å². The van der Waals surface area contributed by atoms with Crippen LogP contribution in [0.3, 0.4) is 0 Å². The molecule has 3 aromatic rings. The number of carboxylic acids is 1. The molecule has 7 heteroatoms. The van der Waals surface area contributed by atoms with E-state index in [0.29, 0.717) is 11.6 Å². The number of aromatic carboxylic acids is 1. The molecule has 0 unspecified atom stereocenters. The predicted octanol–water partition coefficient (Wildman–Crippen LogP) is 2.63. The Kier molecular flexibility index (Phi) is 3.65. The van der Waals surface area contributed by atoms with Crippen molar-refractivity contribution in [3.8, 4) is 17.2 Å². The van der Waals surface area contributed by atoms with E-state index in [2.05, 4.69) is 37.7 Å². The van der Waals surface area contributed by atoms with Crippen molar-refractivity contribution in [2.24, 2.45) is 0 Å². The minimum absolute atomic E-state index is 0.115. The topological polar surface area (TPSA) is 80.9 Å². The second-order valence-corrected chi connectivity index (χ2v) is 5.44. The van der Waals surface area contributed by atoms with Crippen molar-refractivity contribution >= 4 is 28.6 Å². The van der Waals surface area contributed by atoms with Gasteiger partial charge in [0.05, 0.1) is 0 Å². The summed E-state index contributed by atoms with van der Waals surface area (Å²) in [6, 6.07) is 9.17. The Balaban J connectivity index is 2.14. The Bertz CT molecular complexity index is 784. The van der Waals surface area contributed by atoms with Gasteiger partial charge in [-0.1, -0.05) is 12.1 Å². The van der Waals surface area contributed by atoms with Crippen molar-refractivity contribution < 1.29 is 9.90 Å². The molecule has 0 fully saturated rings. The van der Waals surface area contributed by atoms with Crippen LogP contribution >= 0.6 is 22.6 Å². The zero-order valence-corrected chi connectivity index (χ0v) is 12.8. The summed E-state index contributed by atoms with van der Waals surface area (Å²) < 4.78 is 2.44. The molecule has 21 heavy (non-hydrogen) atoms. The molecule has 1 aromatic carbocycles. The van der Waals surface area contributed by atoms with Crippen molar-refractivity contribution in [3.05, 3.63) is 58.1 Å². The van der Waals surface area contributed by atoms with Crippen molar-refractivity contribution in [2.75, 3.05) is 0 Å². The molecule has 0 aliphatic carbocycles. The minimum Gasteiger partial charge on any atom is -0.478 e. The molecule has 1 N–H and O–H groups in total. The monoisotopic (exact) mass is 392 g/mol. The highest BCUT2D eigenvalue weighted by Crippen LogP contribution is 2.23. The number of hydrogen-bond donors (Lipinski definition) is 1. The summed E-state index contributed by atoms with van der Waals surface area (Å²) in [5.41, 5.74) is 1.25. The van der Waals surface area contributed by atoms with Gasteiger partial charge in [-0.25, -0.2) is 19.4 Å². The zero-order chi connectivity index (χ0) is 14.8. The lowest BCUT2D eigenvalue weighted by Crippen LogP contribution is -2.00. The number of hydrogen-bond acceptors (Lipinski definition) is 4. The number of aromatic nitrogens is 4. The molecule has 0 bridgehead atoms. The third kappa shape index (κ3) is 2.77. The second-order valence-electron chi connectivity index (χ2n) is 4.20. The van der Waals surface area contributed by atoms with Crippen molar-refractivity contribution in [1.82, 2.24) is 19.7 Å². The maximum Gasteiger partial charge on any atom is 0.339 e. The molecule has 2 aromatic heterocycles. The van der Waals surface area contributed by atoms with Crippen LogP contribution in [0.1, 0.15) is 10.4 Å². The first kappa shape index (κ1) is 13.7. The van der Waals surface area contributed by atoms with Crippen LogP contribution in [0, 0.1) is 3.57 Å². The largest absolute Gasteiger partial charge is 0.478 e. The molecule has 0 aliphatic heterocycles. The standard InChI is InChI=1S/C14H9IN4O2/c15-10-4-2-9(3-5-10)12-11(13(20)21)8-19(18-12)14-16-6-1-7-17-14/h1-8H,(H,20,21). The minimum atomic E-state index is -1.04. The fourth-order valence-corrected chi connectivity index (χ4v) is 2.22. The average molecular weight is 392 g/mol. The van der Waals surface area contributed by atoms with Gasteiger partial charge >= 0.3 is 5.97 Å². The van der Waals surface area contributed by atoms with E-state index in [1.165, 1.54) is 10.9 Å². The van der Waals surface area contributed by atoms with Gasteiger partial charge in [0, 0.05) is 27.7 Å². The number of rotatable bonds is 3. The molecule has 0 radical (unpaired) electrons. The van der Waals surface area contributed by atoms with Crippen LogP contribution in [0.5, 0.6) is 0 Å². The van der Waals surface area contributed by atoms with E-state index < -0.39 is 5.97 Å². The van der Waals surface area contributed by atoms with Crippen LogP contribution in [-0.2, 0) is 0 Å². The van der Waals surface area contributed by atoms with Crippen LogP contribution in [0.4, 0.5) is 0 Å². The number of nitrogens with zero attached hydrogens (tertiary/aromatic N) is 4. The molecule has 0 amide bonds.